The number of benzene rings is 2. The molecule has 11 heteroatoms. The molecule has 0 spiro atoms. The van der Waals surface area contributed by atoms with Crippen LogP contribution in [0.4, 0.5) is 13.2 Å². The maximum atomic E-state index is 13.0. The van der Waals surface area contributed by atoms with E-state index in [0.29, 0.717) is 5.56 Å². The quantitative estimate of drug-likeness (QED) is 0.565. The van der Waals surface area contributed by atoms with Gasteiger partial charge in [0, 0.05) is 44.0 Å². The number of carbonyl (C=O) groups excluding carboxylic acids is 1. The van der Waals surface area contributed by atoms with Crippen molar-refractivity contribution in [3.05, 3.63) is 72.1 Å². The molecule has 0 aliphatic carbocycles. The van der Waals surface area contributed by atoms with Crippen LogP contribution in [0.5, 0.6) is 0 Å². The van der Waals surface area contributed by atoms with Gasteiger partial charge >= 0.3 is 6.18 Å². The molecule has 0 atom stereocenters. The molecule has 0 unspecified atom stereocenters. The van der Waals surface area contributed by atoms with Crippen molar-refractivity contribution in [2.45, 2.75) is 11.1 Å². The Bertz CT molecular complexity index is 1220. The molecule has 0 saturated carbocycles. The van der Waals surface area contributed by atoms with Gasteiger partial charge < -0.3 is 4.90 Å². The topological polar surface area (TPSA) is 70.6 Å². The lowest BCUT2D eigenvalue weighted by molar-refractivity contribution is -0.137. The van der Waals surface area contributed by atoms with Gasteiger partial charge in [-0.15, -0.1) is 12.4 Å². The first-order chi connectivity index (χ1) is 14.7. The van der Waals surface area contributed by atoms with Gasteiger partial charge in [-0.05, 0) is 29.7 Å². The van der Waals surface area contributed by atoms with Crippen molar-refractivity contribution in [1.82, 2.24) is 14.2 Å². The summed E-state index contributed by atoms with van der Waals surface area (Å²) >= 11 is 0. The van der Waals surface area contributed by atoms with Crippen molar-refractivity contribution >= 4 is 39.1 Å². The van der Waals surface area contributed by atoms with Crippen molar-refractivity contribution < 1.29 is 26.4 Å². The zero-order valence-corrected chi connectivity index (χ0v) is 18.3. The molecule has 2 aromatic carbocycles. The molecule has 0 N–H and O–H groups in total. The molecule has 0 radical (unpaired) electrons. The van der Waals surface area contributed by atoms with Crippen molar-refractivity contribution in [2.24, 2.45) is 0 Å². The Morgan fingerprint density at radius 2 is 1.53 bits per heavy atom. The van der Waals surface area contributed by atoms with Crippen LogP contribution in [-0.2, 0) is 16.2 Å². The zero-order chi connectivity index (χ0) is 22.2. The SMILES string of the molecule is Cl.O=C(c1cncc2ccccc12)N1CCN(S(=O)(=O)c2ccc(C(F)(F)F)cc2)CC1. The van der Waals surface area contributed by atoms with Crippen molar-refractivity contribution in [3.63, 3.8) is 0 Å². The van der Waals surface area contributed by atoms with Gasteiger partial charge in [0.25, 0.3) is 5.91 Å². The van der Waals surface area contributed by atoms with Crippen LogP contribution >= 0.6 is 12.4 Å². The Morgan fingerprint density at radius 3 is 2.16 bits per heavy atom. The highest BCUT2D eigenvalue weighted by Gasteiger charge is 2.33. The van der Waals surface area contributed by atoms with Gasteiger partial charge in [0.1, 0.15) is 0 Å². The fourth-order valence-corrected chi connectivity index (χ4v) is 4.98. The second-order valence-electron chi connectivity index (χ2n) is 7.13. The Hall–Kier alpha value is -2.69. The predicted octanol–water partition coefficient (Wildman–Crippen LogP) is 3.82. The van der Waals surface area contributed by atoms with Crippen LogP contribution in [-0.4, -0.2) is 54.7 Å². The third-order valence-corrected chi connectivity index (χ3v) is 7.16. The minimum atomic E-state index is -4.54. The fraction of sp³-hybridized carbons (Fsp3) is 0.238. The van der Waals surface area contributed by atoms with Gasteiger partial charge in [0.2, 0.25) is 10.0 Å². The summed E-state index contributed by atoms with van der Waals surface area (Å²) in [7, 11) is -3.96. The molecule has 1 aliphatic rings. The number of rotatable bonds is 3. The Morgan fingerprint density at radius 1 is 0.906 bits per heavy atom. The first kappa shape index (κ1) is 24.0. The van der Waals surface area contributed by atoms with Crippen molar-refractivity contribution in [1.29, 1.82) is 0 Å². The summed E-state index contributed by atoms with van der Waals surface area (Å²) in [6.45, 7) is 0.435. The number of carbonyl (C=O) groups is 1. The van der Waals surface area contributed by atoms with E-state index in [9.17, 15) is 26.4 Å². The summed E-state index contributed by atoms with van der Waals surface area (Å²) in [4.78, 5) is 18.4. The number of aromatic nitrogens is 1. The molecule has 1 amide bonds. The second-order valence-corrected chi connectivity index (χ2v) is 9.06. The molecule has 1 saturated heterocycles. The van der Waals surface area contributed by atoms with Gasteiger partial charge in [0.05, 0.1) is 16.0 Å². The fourth-order valence-electron chi connectivity index (χ4n) is 3.55. The highest BCUT2D eigenvalue weighted by molar-refractivity contribution is 7.89. The summed E-state index contributed by atoms with van der Waals surface area (Å²) in [6, 6.07) is 10.8. The Kier molecular flexibility index (Phi) is 6.77. The normalized spacial score (nSPS) is 15.4. The molecule has 1 fully saturated rings. The van der Waals surface area contributed by atoms with Crippen LogP contribution in [0.3, 0.4) is 0 Å². The van der Waals surface area contributed by atoms with Crippen LogP contribution in [0.1, 0.15) is 15.9 Å². The van der Waals surface area contributed by atoms with E-state index in [0.717, 1.165) is 35.0 Å². The monoisotopic (exact) mass is 485 g/mol. The third-order valence-electron chi connectivity index (χ3n) is 5.24. The number of amides is 1. The maximum absolute atomic E-state index is 13.0. The molecule has 1 aromatic heterocycles. The predicted molar refractivity (Wildman–Crippen MR) is 115 cm³/mol. The molecule has 1 aliphatic heterocycles. The van der Waals surface area contributed by atoms with E-state index >= 15 is 0 Å². The highest BCUT2D eigenvalue weighted by atomic mass is 35.5. The lowest BCUT2D eigenvalue weighted by Crippen LogP contribution is -2.50. The number of alkyl halides is 3. The number of nitrogens with zero attached hydrogens (tertiary/aromatic N) is 3. The van der Waals surface area contributed by atoms with Gasteiger partial charge in [0.15, 0.2) is 0 Å². The number of hydrogen-bond donors (Lipinski definition) is 0. The van der Waals surface area contributed by atoms with Crippen LogP contribution in [0.2, 0.25) is 0 Å². The number of halogens is 4. The number of hydrogen-bond acceptors (Lipinski definition) is 4. The summed E-state index contributed by atoms with van der Waals surface area (Å²) < 4.78 is 65.0. The standard InChI is InChI=1S/C21H18F3N3O3S.ClH/c22-21(23,24)16-5-7-17(8-6-16)31(29,30)27-11-9-26(10-12-27)20(28)19-14-25-13-15-3-1-2-4-18(15)19;/h1-8,13-14H,9-12H2;1H. The van der Waals surface area contributed by atoms with E-state index in [1.165, 1.54) is 10.5 Å². The minimum absolute atomic E-state index is 0. The molecule has 32 heavy (non-hydrogen) atoms. The lowest BCUT2D eigenvalue weighted by atomic mass is 10.1. The van der Waals surface area contributed by atoms with E-state index in [1.54, 1.807) is 11.1 Å². The molecule has 3 aromatic rings. The average Bonchev–Trinajstić information content (AvgIpc) is 2.78. The lowest BCUT2D eigenvalue weighted by Gasteiger charge is -2.34. The maximum Gasteiger partial charge on any atom is 0.416 e. The number of sulfonamides is 1. The van der Waals surface area contributed by atoms with Crippen LogP contribution in [0, 0.1) is 0 Å². The van der Waals surface area contributed by atoms with E-state index in [4.69, 9.17) is 0 Å². The van der Waals surface area contributed by atoms with Gasteiger partial charge in [-0.2, -0.15) is 17.5 Å². The molecular formula is C21H19ClF3N3O3S. The molecule has 4 rings (SSSR count). The molecule has 2 heterocycles. The van der Waals surface area contributed by atoms with E-state index in [-0.39, 0.29) is 49.4 Å². The Labute approximate surface area is 189 Å². The van der Waals surface area contributed by atoms with Crippen LogP contribution in [0.15, 0.2) is 65.8 Å². The van der Waals surface area contributed by atoms with E-state index in [2.05, 4.69) is 4.98 Å². The molecule has 6 nitrogen and oxygen atoms in total. The van der Waals surface area contributed by atoms with E-state index < -0.39 is 21.8 Å². The largest absolute Gasteiger partial charge is 0.416 e. The average molecular weight is 486 g/mol. The second kappa shape index (κ2) is 9.05. The first-order valence-corrected chi connectivity index (χ1v) is 10.9. The summed E-state index contributed by atoms with van der Waals surface area (Å²) in [6.07, 6.45) is -1.37. The smallest absolute Gasteiger partial charge is 0.336 e. The van der Waals surface area contributed by atoms with Crippen molar-refractivity contribution in [3.8, 4) is 0 Å². The molecule has 170 valence electrons. The highest BCUT2D eigenvalue weighted by Crippen LogP contribution is 2.30. The summed E-state index contributed by atoms with van der Waals surface area (Å²) in [5, 5.41) is 1.60. The van der Waals surface area contributed by atoms with E-state index in [1.807, 2.05) is 24.3 Å². The molecular weight excluding hydrogens is 467 g/mol. The van der Waals surface area contributed by atoms with Crippen molar-refractivity contribution in [2.75, 3.05) is 26.2 Å². The van der Waals surface area contributed by atoms with Gasteiger partial charge in [-0.25, -0.2) is 8.42 Å². The number of fused-ring (bicyclic) bond motifs is 1. The van der Waals surface area contributed by atoms with Gasteiger partial charge in [-0.1, -0.05) is 24.3 Å². The Balaban J connectivity index is 0.00000289. The number of piperazine rings is 1. The number of pyridine rings is 1. The van der Waals surface area contributed by atoms with Crippen LogP contribution in [0.25, 0.3) is 10.8 Å². The van der Waals surface area contributed by atoms with Crippen LogP contribution < -0.4 is 0 Å². The van der Waals surface area contributed by atoms with Gasteiger partial charge in [-0.3, -0.25) is 9.78 Å². The third kappa shape index (κ3) is 4.57. The summed E-state index contributed by atoms with van der Waals surface area (Å²) in [5.74, 6) is -0.240. The zero-order valence-electron chi connectivity index (χ0n) is 16.6. The summed E-state index contributed by atoms with van der Waals surface area (Å²) in [5.41, 5.74) is -0.470. The molecule has 0 bridgehead atoms. The minimum Gasteiger partial charge on any atom is -0.336 e. The first-order valence-electron chi connectivity index (χ1n) is 9.47.